The number of benzene rings is 1. The normalized spacial score (nSPS) is 16.5. The largest absolute Gasteiger partial charge is 0.465 e. The number of esters is 1. The van der Waals surface area contributed by atoms with E-state index in [1.165, 1.54) is 7.11 Å². The number of ether oxygens (including phenoxy) is 1. The average molecular weight is 410 g/mol. The number of amides is 2. The minimum absolute atomic E-state index is 0.175. The number of hydrogen-bond acceptors (Lipinski definition) is 7. The SMILES string of the molecule is COC(=O)c1ccc(N2CCCC2)c(NC(=O)N2CCN(c3ncccn3)CC2)c1. The Morgan fingerprint density at radius 2 is 1.67 bits per heavy atom. The molecule has 2 aliphatic rings. The fraction of sp³-hybridized carbons (Fsp3) is 0.429. The van der Waals surface area contributed by atoms with E-state index in [1.54, 1.807) is 35.5 Å². The van der Waals surface area contributed by atoms with Crippen molar-refractivity contribution < 1.29 is 14.3 Å². The summed E-state index contributed by atoms with van der Waals surface area (Å²) in [4.78, 5) is 39.6. The van der Waals surface area contributed by atoms with Gasteiger partial charge < -0.3 is 24.8 Å². The summed E-state index contributed by atoms with van der Waals surface area (Å²) in [6.45, 7) is 4.35. The average Bonchev–Trinajstić information content (AvgIpc) is 3.34. The Bertz CT molecular complexity index is 893. The highest BCUT2D eigenvalue weighted by atomic mass is 16.5. The van der Waals surface area contributed by atoms with Crippen LogP contribution < -0.4 is 15.1 Å². The first kappa shape index (κ1) is 19.9. The molecule has 1 aromatic carbocycles. The maximum Gasteiger partial charge on any atom is 0.337 e. The first-order valence-corrected chi connectivity index (χ1v) is 10.2. The van der Waals surface area contributed by atoms with E-state index in [2.05, 4.69) is 25.1 Å². The van der Waals surface area contributed by atoms with Crippen LogP contribution in [0, 0.1) is 0 Å². The molecular weight excluding hydrogens is 384 g/mol. The zero-order chi connectivity index (χ0) is 20.9. The van der Waals surface area contributed by atoms with Gasteiger partial charge in [-0.2, -0.15) is 0 Å². The van der Waals surface area contributed by atoms with Crippen LogP contribution in [0.2, 0.25) is 0 Å². The third kappa shape index (κ3) is 4.29. The van der Waals surface area contributed by atoms with Crippen molar-refractivity contribution in [3.63, 3.8) is 0 Å². The lowest BCUT2D eigenvalue weighted by atomic mass is 10.1. The molecule has 4 rings (SSSR count). The highest BCUT2D eigenvalue weighted by Crippen LogP contribution is 2.30. The molecule has 0 aliphatic carbocycles. The Morgan fingerprint density at radius 1 is 0.967 bits per heavy atom. The van der Waals surface area contributed by atoms with E-state index < -0.39 is 5.97 Å². The quantitative estimate of drug-likeness (QED) is 0.773. The van der Waals surface area contributed by atoms with Gasteiger partial charge in [-0.15, -0.1) is 0 Å². The standard InChI is InChI=1S/C21H26N6O3/c1-30-19(28)16-5-6-18(25-9-2-3-10-25)17(15-16)24-21(29)27-13-11-26(12-14-27)20-22-7-4-8-23-20/h4-8,15H,2-3,9-14H2,1H3,(H,24,29). The molecule has 0 unspecified atom stereocenters. The van der Waals surface area contributed by atoms with Gasteiger partial charge >= 0.3 is 12.0 Å². The Kier molecular flexibility index (Phi) is 5.97. The van der Waals surface area contributed by atoms with Gasteiger partial charge in [0.2, 0.25) is 5.95 Å². The number of hydrogen-bond donors (Lipinski definition) is 1. The molecule has 2 aliphatic heterocycles. The van der Waals surface area contributed by atoms with Gasteiger partial charge in [0.15, 0.2) is 0 Å². The summed E-state index contributed by atoms with van der Waals surface area (Å²) in [7, 11) is 1.35. The van der Waals surface area contributed by atoms with Crippen molar-refractivity contribution >= 4 is 29.3 Å². The number of nitrogens with one attached hydrogen (secondary N) is 1. The van der Waals surface area contributed by atoms with Crippen molar-refractivity contribution in [1.82, 2.24) is 14.9 Å². The summed E-state index contributed by atoms with van der Waals surface area (Å²) >= 11 is 0. The summed E-state index contributed by atoms with van der Waals surface area (Å²) in [5.41, 5.74) is 1.99. The van der Waals surface area contributed by atoms with E-state index in [9.17, 15) is 9.59 Å². The molecule has 1 aromatic heterocycles. The fourth-order valence-corrected chi connectivity index (χ4v) is 3.87. The zero-order valence-electron chi connectivity index (χ0n) is 17.1. The first-order valence-electron chi connectivity index (χ1n) is 10.2. The van der Waals surface area contributed by atoms with Gasteiger partial charge in [-0.1, -0.05) is 0 Å². The molecule has 1 N–H and O–H groups in total. The van der Waals surface area contributed by atoms with Crippen molar-refractivity contribution in [3.8, 4) is 0 Å². The molecule has 2 aromatic rings. The minimum Gasteiger partial charge on any atom is -0.465 e. The molecular formula is C21H26N6O3. The molecule has 30 heavy (non-hydrogen) atoms. The lowest BCUT2D eigenvalue weighted by molar-refractivity contribution is 0.0600. The van der Waals surface area contributed by atoms with Crippen LogP contribution in [-0.4, -0.2) is 73.2 Å². The molecule has 3 heterocycles. The zero-order valence-corrected chi connectivity index (χ0v) is 17.1. The van der Waals surface area contributed by atoms with E-state index >= 15 is 0 Å². The second-order valence-corrected chi connectivity index (χ2v) is 7.37. The first-order chi connectivity index (χ1) is 14.7. The highest BCUT2D eigenvalue weighted by Gasteiger charge is 2.25. The number of urea groups is 1. The van der Waals surface area contributed by atoms with Gasteiger partial charge in [-0.05, 0) is 37.1 Å². The van der Waals surface area contributed by atoms with Gasteiger partial charge in [-0.25, -0.2) is 19.6 Å². The van der Waals surface area contributed by atoms with E-state index in [1.807, 2.05) is 6.07 Å². The number of carbonyl (C=O) groups excluding carboxylic acids is 2. The molecule has 9 heteroatoms. The predicted octanol–water partition coefficient (Wildman–Crippen LogP) is 2.22. The van der Waals surface area contributed by atoms with Gasteiger partial charge in [0, 0.05) is 51.7 Å². The van der Waals surface area contributed by atoms with Crippen LogP contribution in [-0.2, 0) is 4.74 Å². The van der Waals surface area contributed by atoms with E-state index in [0.29, 0.717) is 43.4 Å². The summed E-state index contributed by atoms with van der Waals surface area (Å²) < 4.78 is 4.84. The lowest BCUT2D eigenvalue weighted by Crippen LogP contribution is -2.50. The van der Waals surface area contributed by atoms with Gasteiger partial charge in [0.05, 0.1) is 24.0 Å². The molecule has 2 saturated heterocycles. The summed E-state index contributed by atoms with van der Waals surface area (Å²) in [5.74, 6) is 0.259. The summed E-state index contributed by atoms with van der Waals surface area (Å²) in [6, 6.07) is 6.94. The Balaban J connectivity index is 1.46. The highest BCUT2D eigenvalue weighted by molar-refractivity contribution is 5.97. The Hall–Kier alpha value is -3.36. The van der Waals surface area contributed by atoms with Crippen LogP contribution in [0.25, 0.3) is 0 Å². The fourth-order valence-electron chi connectivity index (χ4n) is 3.87. The van der Waals surface area contributed by atoms with Crippen LogP contribution in [0.4, 0.5) is 22.1 Å². The van der Waals surface area contributed by atoms with Crippen molar-refractivity contribution in [1.29, 1.82) is 0 Å². The molecule has 0 radical (unpaired) electrons. The van der Waals surface area contributed by atoms with Crippen LogP contribution in [0.5, 0.6) is 0 Å². The number of rotatable bonds is 4. The smallest absolute Gasteiger partial charge is 0.337 e. The molecule has 2 fully saturated rings. The van der Waals surface area contributed by atoms with E-state index in [0.717, 1.165) is 31.6 Å². The minimum atomic E-state index is -0.421. The lowest BCUT2D eigenvalue weighted by Gasteiger charge is -2.35. The number of anilines is 3. The molecule has 0 atom stereocenters. The number of piperazine rings is 1. The van der Waals surface area contributed by atoms with Gasteiger partial charge in [0.25, 0.3) is 0 Å². The van der Waals surface area contributed by atoms with E-state index in [-0.39, 0.29) is 6.03 Å². The topological polar surface area (TPSA) is 90.9 Å². The second-order valence-electron chi connectivity index (χ2n) is 7.37. The maximum atomic E-state index is 13.0. The van der Waals surface area contributed by atoms with Crippen molar-refractivity contribution in [2.45, 2.75) is 12.8 Å². The number of methoxy groups -OCH3 is 1. The van der Waals surface area contributed by atoms with Gasteiger partial charge in [0.1, 0.15) is 0 Å². The third-order valence-electron chi connectivity index (χ3n) is 5.51. The van der Waals surface area contributed by atoms with E-state index in [4.69, 9.17) is 4.74 Å². The number of carbonyl (C=O) groups is 2. The molecule has 9 nitrogen and oxygen atoms in total. The van der Waals surface area contributed by atoms with Crippen molar-refractivity contribution in [2.75, 3.05) is 61.5 Å². The Labute approximate surface area is 175 Å². The summed E-state index contributed by atoms with van der Waals surface area (Å²) in [6.07, 6.45) is 5.68. The number of aromatic nitrogens is 2. The molecule has 0 bridgehead atoms. The maximum absolute atomic E-state index is 13.0. The molecule has 158 valence electrons. The monoisotopic (exact) mass is 410 g/mol. The molecule has 0 spiro atoms. The van der Waals surface area contributed by atoms with Crippen molar-refractivity contribution in [3.05, 3.63) is 42.2 Å². The van der Waals surface area contributed by atoms with Crippen molar-refractivity contribution in [2.24, 2.45) is 0 Å². The van der Waals surface area contributed by atoms with Crippen LogP contribution in [0.1, 0.15) is 23.2 Å². The van der Waals surface area contributed by atoms with Crippen LogP contribution in [0.3, 0.4) is 0 Å². The van der Waals surface area contributed by atoms with Crippen LogP contribution >= 0.6 is 0 Å². The Morgan fingerprint density at radius 3 is 2.33 bits per heavy atom. The summed E-state index contributed by atoms with van der Waals surface area (Å²) in [5, 5.41) is 3.02. The van der Waals surface area contributed by atoms with Gasteiger partial charge in [-0.3, -0.25) is 0 Å². The second kappa shape index (κ2) is 8.98. The molecule has 2 amide bonds. The van der Waals surface area contributed by atoms with Crippen LogP contribution in [0.15, 0.2) is 36.7 Å². The predicted molar refractivity (Wildman–Crippen MR) is 114 cm³/mol. The number of nitrogens with zero attached hydrogens (tertiary/aromatic N) is 5. The molecule has 0 saturated carbocycles. The third-order valence-corrected chi connectivity index (χ3v) is 5.51.